The fourth-order valence-corrected chi connectivity index (χ4v) is 4.13. The van der Waals surface area contributed by atoms with Crippen LogP contribution in [0.15, 0.2) is 0 Å². The summed E-state index contributed by atoms with van der Waals surface area (Å²) in [6.45, 7) is 4.01. The van der Waals surface area contributed by atoms with Crippen LogP contribution >= 0.6 is 0 Å². The molecular formula is C14H24N4O3S. The van der Waals surface area contributed by atoms with Crippen molar-refractivity contribution in [3.63, 3.8) is 0 Å². The lowest BCUT2D eigenvalue weighted by Gasteiger charge is -2.22. The molecular weight excluding hydrogens is 304 g/mol. The molecule has 1 fully saturated rings. The Bertz CT molecular complexity index is 608. The van der Waals surface area contributed by atoms with Crippen molar-refractivity contribution in [2.45, 2.75) is 57.5 Å². The second kappa shape index (κ2) is 6.64. The molecule has 0 radical (unpaired) electrons. The summed E-state index contributed by atoms with van der Waals surface area (Å²) in [5.74, 6) is 2.58. The molecule has 2 aliphatic rings. The van der Waals surface area contributed by atoms with Gasteiger partial charge < -0.3 is 9.30 Å². The van der Waals surface area contributed by atoms with Gasteiger partial charge in [-0.1, -0.05) is 0 Å². The van der Waals surface area contributed by atoms with Crippen LogP contribution in [0.25, 0.3) is 0 Å². The van der Waals surface area contributed by atoms with Crippen LogP contribution in [0, 0.1) is 0 Å². The van der Waals surface area contributed by atoms with Gasteiger partial charge in [0.15, 0.2) is 0 Å². The highest BCUT2D eigenvalue weighted by Gasteiger charge is 2.27. The Morgan fingerprint density at radius 3 is 2.73 bits per heavy atom. The van der Waals surface area contributed by atoms with E-state index in [0.29, 0.717) is 5.92 Å². The molecule has 0 aromatic carbocycles. The van der Waals surface area contributed by atoms with E-state index >= 15 is 0 Å². The molecule has 0 spiro atoms. The van der Waals surface area contributed by atoms with Crippen molar-refractivity contribution in [1.29, 1.82) is 0 Å². The summed E-state index contributed by atoms with van der Waals surface area (Å²) in [5, 5.41) is 8.74. The Hall–Kier alpha value is -0.990. The van der Waals surface area contributed by atoms with E-state index in [1.807, 2.05) is 0 Å². The number of nitrogens with zero attached hydrogens (tertiary/aromatic N) is 3. The molecule has 22 heavy (non-hydrogen) atoms. The van der Waals surface area contributed by atoms with E-state index in [4.69, 9.17) is 4.74 Å². The van der Waals surface area contributed by atoms with Crippen LogP contribution < -0.4 is 4.72 Å². The van der Waals surface area contributed by atoms with E-state index in [2.05, 4.69) is 19.5 Å². The number of rotatable bonds is 4. The molecule has 7 nitrogen and oxygen atoms in total. The zero-order valence-corrected chi connectivity index (χ0v) is 13.8. The summed E-state index contributed by atoms with van der Waals surface area (Å²) in [6.07, 6.45) is 4.33. The van der Waals surface area contributed by atoms with E-state index in [0.717, 1.165) is 63.5 Å². The van der Waals surface area contributed by atoms with Crippen LogP contribution in [0.4, 0.5) is 0 Å². The first kappa shape index (κ1) is 15.9. The molecule has 1 saturated heterocycles. The summed E-state index contributed by atoms with van der Waals surface area (Å²) < 4.78 is 33.9. The number of sulfonamides is 1. The van der Waals surface area contributed by atoms with Gasteiger partial charge in [0.1, 0.15) is 11.6 Å². The van der Waals surface area contributed by atoms with Gasteiger partial charge in [-0.05, 0) is 32.6 Å². The number of nitrogens with one attached hydrogen (secondary N) is 1. The highest BCUT2D eigenvalue weighted by atomic mass is 32.2. The van der Waals surface area contributed by atoms with Crippen molar-refractivity contribution in [3.8, 4) is 0 Å². The van der Waals surface area contributed by atoms with Gasteiger partial charge in [-0.15, -0.1) is 10.2 Å². The molecule has 1 atom stereocenters. The molecule has 1 unspecified atom stereocenters. The minimum atomic E-state index is -3.15. The Labute approximate surface area is 131 Å². The Balaban J connectivity index is 1.70. The first-order valence-corrected chi connectivity index (χ1v) is 9.74. The van der Waals surface area contributed by atoms with Gasteiger partial charge in [0.25, 0.3) is 0 Å². The second-order valence-corrected chi connectivity index (χ2v) is 8.10. The minimum Gasteiger partial charge on any atom is -0.381 e. The highest BCUT2D eigenvalue weighted by Crippen LogP contribution is 2.27. The molecule has 0 amide bonds. The van der Waals surface area contributed by atoms with Gasteiger partial charge in [0, 0.05) is 38.1 Å². The molecule has 1 N–H and O–H groups in total. The summed E-state index contributed by atoms with van der Waals surface area (Å²) >= 11 is 0. The fraction of sp³-hybridized carbons (Fsp3) is 0.857. The maximum absolute atomic E-state index is 11.7. The standard InChI is InChI=1S/C14H24N4O3S/c1-2-22(19,20)17-12-3-4-13-15-16-14(18(13)8-5-12)11-6-9-21-10-7-11/h11-12,17H,2-10H2,1H3. The Kier molecular flexibility index (Phi) is 4.79. The predicted molar refractivity (Wildman–Crippen MR) is 82.1 cm³/mol. The van der Waals surface area contributed by atoms with E-state index in [1.54, 1.807) is 6.92 Å². The van der Waals surface area contributed by atoms with Crippen LogP contribution in [-0.4, -0.2) is 48.2 Å². The molecule has 2 aliphatic heterocycles. The molecule has 1 aromatic rings. The van der Waals surface area contributed by atoms with E-state index in [-0.39, 0.29) is 11.8 Å². The lowest BCUT2D eigenvalue weighted by Crippen LogP contribution is -2.36. The van der Waals surface area contributed by atoms with Gasteiger partial charge in [0.2, 0.25) is 10.0 Å². The third-order valence-corrected chi connectivity index (χ3v) is 6.04. The molecule has 1 aromatic heterocycles. The van der Waals surface area contributed by atoms with Crippen molar-refractivity contribution in [2.24, 2.45) is 0 Å². The highest BCUT2D eigenvalue weighted by molar-refractivity contribution is 7.89. The maximum Gasteiger partial charge on any atom is 0.211 e. The van der Waals surface area contributed by atoms with Gasteiger partial charge in [-0.3, -0.25) is 0 Å². The zero-order chi connectivity index (χ0) is 15.6. The lowest BCUT2D eigenvalue weighted by molar-refractivity contribution is 0.0827. The van der Waals surface area contributed by atoms with Crippen molar-refractivity contribution in [2.75, 3.05) is 19.0 Å². The first-order valence-electron chi connectivity index (χ1n) is 8.09. The summed E-state index contributed by atoms with van der Waals surface area (Å²) in [6, 6.07) is -0.00538. The quantitative estimate of drug-likeness (QED) is 0.884. The van der Waals surface area contributed by atoms with Crippen LogP contribution in [0.1, 0.15) is 50.2 Å². The van der Waals surface area contributed by atoms with E-state index in [1.165, 1.54) is 0 Å². The zero-order valence-electron chi connectivity index (χ0n) is 13.0. The van der Waals surface area contributed by atoms with Crippen LogP contribution in [-0.2, 0) is 27.7 Å². The van der Waals surface area contributed by atoms with Crippen LogP contribution in [0.3, 0.4) is 0 Å². The normalized spacial score (nSPS) is 24.0. The number of hydrogen-bond acceptors (Lipinski definition) is 5. The third kappa shape index (κ3) is 3.49. The number of aryl methyl sites for hydroxylation is 1. The largest absolute Gasteiger partial charge is 0.381 e. The minimum absolute atomic E-state index is 0.00538. The molecule has 8 heteroatoms. The monoisotopic (exact) mass is 328 g/mol. The molecule has 124 valence electrons. The van der Waals surface area contributed by atoms with Crippen molar-refractivity contribution in [1.82, 2.24) is 19.5 Å². The van der Waals surface area contributed by atoms with E-state index in [9.17, 15) is 8.42 Å². The Morgan fingerprint density at radius 1 is 1.23 bits per heavy atom. The maximum atomic E-state index is 11.7. The number of hydrogen-bond donors (Lipinski definition) is 1. The number of ether oxygens (including phenoxy) is 1. The lowest BCUT2D eigenvalue weighted by atomic mass is 9.99. The van der Waals surface area contributed by atoms with Crippen molar-refractivity contribution < 1.29 is 13.2 Å². The number of aromatic nitrogens is 3. The Morgan fingerprint density at radius 2 is 2.00 bits per heavy atom. The second-order valence-electron chi connectivity index (χ2n) is 6.06. The molecule has 3 heterocycles. The molecule has 0 aliphatic carbocycles. The average molecular weight is 328 g/mol. The SMILES string of the molecule is CCS(=O)(=O)NC1CCc2nnc(C3CCOCC3)n2CC1. The molecule has 0 bridgehead atoms. The fourth-order valence-electron chi connectivity index (χ4n) is 3.22. The average Bonchev–Trinajstić information content (AvgIpc) is 2.84. The van der Waals surface area contributed by atoms with E-state index < -0.39 is 10.0 Å². The van der Waals surface area contributed by atoms with Crippen LogP contribution in [0.2, 0.25) is 0 Å². The molecule has 0 saturated carbocycles. The van der Waals surface area contributed by atoms with Crippen LogP contribution in [0.5, 0.6) is 0 Å². The third-order valence-electron chi connectivity index (χ3n) is 4.59. The van der Waals surface area contributed by atoms with Crippen molar-refractivity contribution >= 4 is 10.0 Å². The number of fused-ring (bicyclic) bond motifs is 1. The summed E-state index contributed by atoms with van der Waals surface area (Å²) in [5.41, 5.74) is 0. The topological polar surface area (TPSA) is 86.1 Å². The summed E-state index contributed by atoms with van der Waals surface area (Å²) in [7, 11) is -3.15. The van der Waals surface area contributed by atoms with Gasteiger partial charge in [0.05, 0.1) is 5.75 Å². The predicted octanol–water partition coefficient (Wildman–Crippen LogP) is 0.816. The summed E-state index contributed by atoms with van der Waals surface area (Å²) in [4.78, 5) is 0. The van der Waals surface area contributed by atoms with Gasteiger partial charge in [-0.2, -0.15) is 0 Å². The van der Waals surface area contributed by atoms with Gasteiger partial charge >= 0.3 is 0 Å². The van der Waals surface area contributed by atoms with Crippen molar-refractivity contribution in [3.05, 3.63) is 11.6 Å². The first-order chi connectivity index (χ1) is 10.6. The smallest absolute Gasteiger partial charge is 0.211 e. The molecule has 3 rings (SSSR count). The van der Waals surface area contributed by atoms with Gasteiger partial charge in [-0.25, -0.2) is 13.1 Å².